The zero-order valence-corrected chi connectivity index (χ0v) is 16.3. The zero-order chi connectivity index (χ0) is 17.3. The van der Waals surface area contributed by atoms with Crippen molar-refractivity contribution in [1.82, 2.24) is 4.90 Å². The molecule has 0 bridgehead atoms. The minimum Gasteiger partial charge on any atom is -0.480 e. The van der Waals surface area contributed by atoms with Crippen molar-refractivity contribution in [3.63, 3.8) is 0 Å². The Hall–Kier alpha value is -0.220. The summed E-state index contributed by atoms with van der Waals surface area (Å²) in [5, 5.41) is 9.40. The Morgan fingerprint density at radius 3 is 1.57 bits per heavy atom. The lowest BCUT2D eigenvalue weighted by Crippen LogP contribution is -2.43. The number of rotatable bonds is 17. The van der Waals surface area contributed by atoms with Gasteiger partial charge in [0.15, 0.2) is 0 Å². The van der Waals surface area contributed by atoms with E-state index in [4.69, 9.17) is 0 Å². The molecule has 0 heterocycles. The molecule has 4 heteroatoms. The number of unbranched alkanes of at least 4 members (excludes halogenated alkanes) is 10. The van der Waals surface area contributed by atoms with E-state index in [1.165, 1.54) is 64.2 Å². The minimum atomic E-state index is -0.725. The van der Waals surface area contributed by atoms with E-state index in [1.54, 1.807) is 0 Å². The van der Waals surface area contributed by atoms with Crippen LogP contribution >= 0.6 is 12.6 Å². The van der Waals surface area contributed by atoms with E-state index in [0.717, 1.165) is 25.9 Å². The maximum atomic E-state index is 11.4. The third-order valence-corrected chi connectivity index (χ3v) is 4.84. The van der Waals surface area contributed by atoms with Crippen molar-refractivity contribution >= 4 is 18.6 Å². The summed E-state index contributed by atoms with van der Waals surface area (Å²) in [6.45, 7) is 6.26. The van der Waals surface area contributed by atoms with Crippen LogP contribution in [0.3, 0.4) is 0 Å². The molecule has 0 aromatic rings. The summed E-state index contributed by atoms with van der Waals surface area (Å²) >= 11 is 4.25. The molecule has 0 saturated heterocycles. The molecular weight excluding hydrogens is 306 g/mol. The van der Waals surface area contributed by atoms with Crippen molar-refractivity contribution in [3.05, 3.63) is 0 Å². The Morgan fingerprint density at radius 1 is 0.826 bits per heavy atom. The summed E-state index contributed by atoms with van der Waals surface area (Å²) in [7, 11) is 0. The fraction of sp³-hybridized carbons (Fsp3) is 0.947. The molecule has 3 nitrogen and oxygen atoms in total. The van der Waals surface area contributed by atoms with Crippen LogP contribution in [0.15, 0.2) is 0 Å². The molecule has 138 valence electrons. The van der Waals surface area contributed by atoms with Gasteiger partial charge in [-0.25, -0.2) is 0 Å². The number of nitrogens with zero attached hydrogens (tertiary/aromatic N) is 1. The van der Waals surface area contributed by atoms with Crippen molar-refractivity contribution in [2.24, 2.45) is 0 Å². The minimum absolute atomic E-state index is 0.404. The summed E-state index contributed by atoms with van der Waals surface area (Å²) < 4.78 is 0. The van der Waals surface area contributed by atoms with Gasteiger partial charge in [-0.2, -0.15) is 12.6 Å². The Bertz CT molecular complexity index is 258. The number of aliphatic carboxylic acids is 1. The normalized spacial score (nSPS) is 12.7. The molecule has 0 amide bonds. The molecule has 0 aromatic heterocycles. The first-order chi connectivity index (χ1) is 11.2. The van der Waals surface area contributed by atoms with Gasteiger partial charge in [-0.1, -0.05) is 78.1 Å². The van der Waals surface area contributed by atoms with Crippen molar-refractivity contribution in [1.29, 1.82) is 0 Å². The first-order valence-electron chi connectivity index (χ1n) is 9.75. The van der Waals surface area contributed by atoms with Crippen LogP contribution in [0.25, 0.3) is 0 Å². The van der Waals surface area contributed by atoms with Crippen LogP contribution in [-0.4, -0.2) is 40.9 Å². The third kappa shape index (κ3) is 12.8. The predicted molar refractivity (Wildman–Crippen MR) is 104 cm³/mol. The van der Waals surface area contributed by atoms with E-state index in [9.17, 15) is 9.90 Å². The molecule has 1 unspecified atom stereocenters. The molecule has 23 heavy (non-hydrogen) atoms. The second-order valence-electron chi connectivity index (χ2n) is 6.61. The van der Waals surface area contributed by atoms with Crippen LogP contribution in [0.4, 0.5) is 0 Å². The molecule has 0 saturated carbocycles. The van der Waals surface area contributed by atoms with E-state index < -0.39 is 12.0 Å². The summed E-state index contributed by atoms with van der Waals surface area (Å²) in [5.41, 5.74) is 0. The molecule has 0 radical (unpaired) electrons. The molecule has 0 fully saturated rings. The van der Waals surface area contributed by atoms with Crippen LogP contribution in [-0.2, 0) is 4.79 Å². The Balaban J connectivity index is 4.06. The number of hydrogen-bond donors (Lipinski definition) is 2. The molecule has 0 aromatic carbocycles. The maximum absolute atomic E-state index is 11.4. The first-order valence-corrected chi connectivity index (χ1v) is 10.4. The number of thiol groups is 1. The number of hydrogen-bond acceptors (Lipinski definition) is 3. The molecule has 0 aliphatic heterocycles. The molecule has 0 aliphatic carbocycles. The zero-order valence-electron chi connectivity index (χ0n) is 15.4. The summed E-state index contributed by atoms with van der Waals surface area (Å²) in [5.74, 6) is -0.321. The van der Waals surface area contributed by atoms with Gasteiger partial charge >= 0.3 is 5.97 Å². The Labute approximate surface area is 149 Å². The quantitative estimate of drug-likeness (QED) is 0.274. The van der Waals surface area contributed by atoms with Crippen LogP contribution < -0.4 is 0 Å². The summed E-state index contributed by atoms with van der Waals surface area (Å²) in [4.78, 5) is 13.6. The van der Waals surface area contributed by atoms with Crippen molar-refractivity contribution < 1.29 is 9.90 Å². The highest BCUT2D eigenvalue weighted by molar-refractivity contribution is 7.80. The first kappa shape index (κ1) is 22.8. The predicted octanol–water partition coefficient (Wildman–Crippen LogP) is 5.39. The van der Waals surface area contributed by atoms with Gasteiger partial charge in [0.1, 0.15) is 6.04 Å². The van der Waals surface area contributed by atoms with Crippen molar-refractivity contribution in [2.45, 2.75) is 96.9 Å². The lowest BCUT2D eigenvalue weighted by atomic mass is 10.1. The van der Waals surface area contributed by atoms with Crippen LogP contribution in [0, 0.1) is 0 Å². The monoisotopic (exact) mass is 345 g/mol. The van der Waals surface area contributed by atoms with Gasteiger partial charge in [-0.05, 0) is 25.9 Å². The van der Waals surface area contributed by atoms with E-state index in [1.807, 2.05) is 0 Å². The lowest BCUT2D eigenvalue weighted by Gasteiger charge is -2.28. The number of carbonyl (C=O) groups is 1. The van der Waals surface area contributed by atoms with Crippen molar-refractivity contribution in [3.8, 4) is 0 Å². The van der Waals surface area contributed by atoms with Gasteiger partial charge in [0, 0.05) is 5.75 Å². The number of carboxylic acids is 1. The fourth-order valence-corrected chi connectivity index (χ4v) is 3.35. The largest absolute Gasteiger partial charge is 0.480 e. The van der Waals surface area contributed by atoms with Gasteiger partial charge < -0.3 is 5.11 Å². The SMILES string of the molecule is CCCCCCCCN(CCCCCCCC)C(CS)C(=O)O. The van der Waals surface area contributed by atoms with E-state index in [2.05, 4.69) is 31.4 Å². The van der Waals surface area contributed by atoms with Gasteiger partial charge in [0.25, 0.3) is 0 Å². The van der Waals surface area contributed by atoms with Gasteiger partial charge in [-0.15, -0.1) is 0 Å². The second kappa shape index (κ2) is 16.6. The Kier molecular flexibility index (Phi) is 16.5. The fourth-order valence-electron chi connectivity index (χ4n) is 2.96. The molecule has 0 rings (SSSR count). The standard InChI is InChI=1S/C19H39NO2S/c1-3-5-7-9-11-13-15-20(18(17-23)19(21)22)16-14-12-10-8-6-4-2/h18,23H,3-17H2,1-2H3,(H,21,22). The van der Waals surface area contributed by atoms with E-state index >= 15 is 0 Å². The molecule has 0 spiro atoms. The molecule has 1 N–H and O–H groups in total. The highest BCUT2D eigenvalue weighted by atomic mass is 32.1. The van der Waals surface area contributed by atoms with Gasteiger partial charge in [-0.3, -0.25) is 9.69 Å². The van der Waals surface area contributed by atoms with Crippen molar-refractivity contribution in [2.75, 3.05) is 18.8 Å². The number of carboxylic acid groups (broad SMARTS) is 1. The highest BCUT2D eigenvalue weighted by Crippen LogP contribution is 2.12. The lowest BCUT2D eigenvalue weighted by molar-refractivity contribution is -0.142. The van der Waals surface area contributed by atoms with Crippen LogP contribution in [0.5, 0.6) is 0 Å². The maximum Gasteiger partial charge on any atom is 0.321 e. The van der Waals surface area contributed by atoms with Crippen LogP contribution in [0.1, 0.15) is 90.9 Å². The third-order valence-electron chi connectivity index (χ3n) is 4.50. The van der Waals surface area contributed by atoms with Gasteiger partial charge in [0.05, 0.1) is 0 Å². The van der Waals surface area contributed by atoms with E-state index in [0.29, 0.717) is 5.75 Å². The topological polar surface area (TPSA) is 40.5 Å². The molecule has 1 atom stereocenters. The second-order valence-corrected chi connectivity index (χ2v) is 6.97. The average Bonchev–Trinajstić information content (AvgIpc) is 2.53. The summed E-state index contributed by atoms with van der Waals surface area (Å²) in [6, 6.07) is -0.426. The smallest absolute Gasteiger partial charge is 0.321 e. The molecular formula is C19H39NO2S. The van der Waals surface area contributed by atoms with Gasteiger partial charge in [0.2, 0.25) is 0 Å². The Morgan fingerprint density at radius 2 is 1.22 bits per heavy atom. The highest BCUT2D eigenvalue weighted by Gasteiger charge is 2.23. The average molecular weight is 346 g/mol. The molecule has 0 aliphatic rings. The van der Waals surface area contributed by atoms with E-state index in [-0.39, 0.29) is 0 Å². The summed E-state index contributed by atoms with van der Waals surface area (Å²) in [6.07, 6.45) is 15.0. The van der Waals surface area contributed by atoms with Crippen LogP contribution in [0.2, 0.25) is 0 Å².